The fraction of sp³-hybridized carbons (Fsp3) is 1.00. The molecule has 0 aromatic heterocycles. The molecule has 2 nitrogen and oxygen atoms in total. The second-order valence-corrected chi connectivity index (χ2v) is 5.94. The van der Waals surface area contributed by atoms with Gasteiger partial charge in [0.2, 0.25) is 0 Å². The zero-order valence-electron chi connectivity index (χ0n) is 8.39. The number of aliphatic hydroxyl groups excluding tert-OH is 1. The minimum Gasteiger partial charge on any atom is -0.367 e. The van der Waals surface area contributed by atoms with Gasteiger partial charge in [0.15, 0.2) is 6.29 Å². The third kappa shape index (κ3) is 7.91. The van der Waals surface area contributed by atoms with E-state index in [4.69, 9.17) is 4.74 Å². The molecule has 0 fully saturated rings. The quantitative estimate of drug-likeness (QED) is 0.624. The number of halogens is 2. The fourth-order valence-corrected chi connectivity index (χ4v) is 1.61. The van der Waals surface area contributed by atoms with Gasteiger partial charge in [0.25, 0.3) is 0 Å². The molecule has 0 aliphatic heterocycles. The molecule has 0 aromatic carbocycles. The van der Waals surface area contributed by atoms with Crippen molar-refractivity contribution < 1.29 is 9.84 Å². The van der Waals surface area contributed by atoms with E-state index in [1.807, 2.05) is 20.8 Å². The first kappa shape index (κ1) is 13.9. The van der Waals surface area contributed by atoms with Gasteiger partial charge in [0, 0.05) is 5.33 Å². The highest BCUT2D eigenvalue weighted by molar-refractivity contribution is 9.09. The minimum absolute atomic E-state index is 0.0178. The lowest BCUT2D eigenvalue weighted by Gasteiger charge is -2.26. The molecule has 0 saturated carbocycles. The molecule has 0 amide bonds. The van der Waals surface area contributed by atoms with Crippen LogP contribution in [0.25, 0.3) is 0 Å². The van der Waals surface area contributed by atoms with Crippen LogP contribution in [0, 0.1) is 0 Å². The Balaban J connectivity index is 3.75. The standard InChI is InChI=1S/C9H18Br2O2/c1-9(2,3)13-8(12)7(11)5-4-6-10/h7-8,12H,4-6H2,1-3H3. The number of aliphatic hydroxyl groups is 1. The Labute approximate surface area is 97.3 Å². The second kappa shape index (κ2) is 6.38. The Morgan fingerprint density at radius 2 is 1.92 bits per heavy atom. The van der Waals surface area contributed by atoms with Gasteiger partial charge in [0.05, 0.1) is 10.4 Å². The molecule has 0 heterocycles. The predicted octanol–water partition coefficient (Wildman–Crippen LogP) is 3.06. The van der Waals surface area contributed by atoms with Gasteiger partial charge < -0.3 is 9.84 Å². The van der Waals surface area contributed by atoms with Crippen LogP contribution >= 0.6 is 31.9 Å². The fourth-order valence-electron chi connectivity index (χ4n) is 0.851. The van der Waals surface area contributed by atoms with Gasteiger partial charge in [-0.1, -0.05) is 31.9 Å². The van der Waals surface area contributed by atoms with Gasteiger partial charge in [-0.25, -0.2) is 0 Å². The van der Waals surface area contributed by atoms with Crippen LogP contribution in [-0.2, 0) is 4.74 Å². The van der Waals surface area contributed by atoms with Crippen LogP contribution in [-0.4, -0.2) is 27.2 Å². The molecule has 80 valence electrons. The first-order valence-corrected chi connectivity index (χ1v) is 6.46. The number of hydrogen-bond donors (Lipinski definition) is 1. The maximum absolute atomic E-state index is 9.60. The summed E-state index contributed by atoms with van der Waals surface area (Å²) in [5, 5.41) is 10.6. The van der Waals surface area contributed by atoms with Crippen LogP contribution in [0.2, 0.25) is 0 Å². The lowest BCUT2D eigenvalue weighted by Crippen LogP contribution is -2.33. The Morgan fingerprint density at radius 1 is 1.38 bits per heavy atom. The lowest BCUT2D eigenvalue weighted by molar-refractivity contribution is -0.164. The first-order chi connectivity index (χ1) is 5.87. The summed E-state index contributed by atoms with van der Waals surface area (Å²) in [7, 11) is 0. The van der Waals surface area contributed by atoms with E-state index in [2.05, 4.69) is 31.9 Å². The van der Waals surface area contributed by atoms with Gasteiger partial charge in [-0.2, -0.15) is 0 Å². The normalized spacial score (nSPS) is 17.1. The molecule has 0 radical (unpaired) electrons. The van der Waals surface area contributed by atoms with E-state index in [-0.39, 0.29) is 10.4 Å². The highest BCUT2D eigenvalue weighted by Crippen LogP contribution is 2.19. The summed E-state index contributed by atoms with van der Waals surface area (Å²) >= 11 is 6.75. The van der Waals surface area contributed by atoms with Crippen molar-refractivity contribution >= 4 is 31.9 Å². The Hall–Kier alpha value is 0.880. The van der Waals surface area contributed by atoms with Crippen molar-refractivity contribution in [3.63, 3.8) is 0 Å². The van der Waals surface area contributed by atoms with Gasteiger partial charge in [-0.05, 0) is 33.6 Å². The van der Waals surface area contributed by atoms with E-state index in [0.29, 0.717) is 0 Å². The molecule has 0 saturated heterocycles. The SMILES string of the molecule is CC(C)(C)OC(O)C(Br)CCCBr. The lowest BCUT2D eigenvalue weighted by atomic mass is 10.2. The summed E-state index contributed by atoms with van der Waals surface area (Å²) in [5.74, 6) is 0. The highest BCUT2D eigenvalue weighted by Gasteiger charge is 2.22. The Morgan fingerprint density at radius 3 is 2.31 bits per heavy atom. The highest BCUT2D eigenvalue weighted by atomic mass is 79.9. The van der Waals surface area contributed by atoms with Crippen LogP contribution in [0.5, 0.6) is 0 Å². The molecule has 2 unspecified atom stereocenters. The molecule has 0 aliphatic rings. The average Bonchev–Trinajstić information content (AvgIpc) is 1.96. The molecular weight excluding hydrogens is 300 g/mol. The number of alkyl halides is 2. The van der Waals surface area contributed by atoms with E-state index in [1.54, 1.807) is 0 Å². The molecule has 4 heteroatoms. The van der Waals surface area contributed by atoms with Crippen molar-refractivity contribution in [2.24, 2.45) is 0 Å². The summed E-state index contributed by atoms with van der Waals surface area (Å²) in [5.41, 5.74) is -0.292. The number of hydrogen-bond acceptors (Lipinski definition) is 2. The topological polar surface area (TPSA) is 29.5 Å². The van der Waals surface area contributed by atoms with Gasteiger partial charge in [0.1, 0.15) is 0 Å². The van der Waals surface area contributed by atoms with E-state index >= 15 is 0 Å². The van der Waals surface area contributed by atoms with E-state index < -0.39 is 6.29 Å². The van der Waals surface area contributed by atoms with E-state index in [9.17, 15) is 5.11 Å². The van der Waals surface area contributed by atoms with Crippen molar-refractivity contribution in [3.8, 4) is 0 Å². The van der Waals surface area contributed by atoms with Crippen molar-refractivity contribution in [2.45, 2.75) is 50.3 Å². The van der Waals surface area contributed by atoms with Crippen LogP contribution in [0.4, 0.5) is 0 Å². The summed E-state index contributed by atoms with van der Waals surface area (Å²) < 4.78 is 5.39. The minimum atomic E-state index is -0.723. The molecule has 0 rings (SSSR count). The van der Waals surface area contributed by atoms with Crippen molar-refractivity contribution in [2.75, 3.05) is 5.33 Å². The summed E-state index contributed by atoms with van der Waals surface area (Å²) in [6, 6.07) is 0. The summed E-state index contributed by atoms with van der Waals surface area (Å²) in [4.78, 5) is 0.0178. The molecule has 2 atom stereocenters. The first-order valence-electron chi connectivity index (χ1n) is 4.43. The van der Waals surface area contributed by atoms with Crippen molar-refractivity contribution in [1.82, 2.24) is 0 Å². The monoisotopic (exact) mass is 316 g/mol. The van der Waals surface area contributed by atoms with Crippen LogP contribution in [0.15, 0.2) is 0 Å². The van der Waals surface area contributed by atoms with Crippen LogP contribution < -0.4 is 0 Å². The van der Waals surface area contributed by atoms with Gasteiger partial charge in [-0.15, -0.1) is 0 Å². The maximum atomic E-state index is 9.60. The second-order valence-electron chi connectivity index (χ2n) is 3.97. The summed E-state index contributed by atoms with van der Waals surface area (Å²) in [6.07, 6.45) is 1.21. The number of ether oxygens (including phenoxy) is 1. The smallest absolute Gasteiger partial charge is 0.167 e. The molecule has 13 heavy (non-hydrogen) atoms. The van der Waals surface area contributed by atoms with Crippen molar-refractivity contribution in [3.05, 3.63) is 0 Å². The average molecular weight is 318 g/mol. The van der Waals surface area contributed by atoms with Gasteiger partial charge in [-0.3, -0.25) is 0 Å². The third-order valence-corrected chi connectivity index (χ3v) is 2.87. The van der Waals surface area contributed by atoms with Gasteiger partial charge >= 0.3 is 0 Å². The molecular formula is C9H18Br2O2. The van der Waals surface area contributed by atoms with E-state index in [1.165, 1.54) is 0 Å². The molecule has 0 spiro atoms. The molecule has 1 N–H and O–H groups in total. The Kier molecular flexibility index (Phi) is 6.81. The van der Waals surface area contributed by atoms with Crippen LogP contribution in [0.3, 0.4) is 0 Å². The largest absolute Gasteiger partial charge is 0.367 e. The van der Waals surface area contributed by atoms with E-state index in [0.717, 1.165) is 18.2 Å². The molecule has 0 bridgehead atoms. The molecule has 0 aliphatic carbocycles. The third-order valence-electron chi connectivity index (χ3n) is 1.40. The number of rotatable bonds is 5. The molecule has 0 aromatic rings. The zero-order valence-corrected chi connectivity index (χ0v) is 11.6. The van der Waals surface area contributed by atoms with Crippen LogP contribution in [0.1, 0.15) is 33.6 Å². The van der Waals surface area contributed by atoms with Crippen molar-refractivity contribution in [1.29, 1.82) is 0 Å². The Bertz CT molecular complexity index is 134. The summed E-state index contributed by atoms with van der Waals surface area (Å²) in [6.45, 7) is 5.79. The predicted molar refractivity (Wildman–Crippen MR) is 62.6 cm³/mol. The maximum Gasteiger partial charge on any atom is 0.167 e. The zero-order chi connectivity index (χ0) is 10.5.